The summed E-state index contributed by atoms with van der Waals surface area (Å²) in [5.41, 5.74) is 2.18. The lowest BCUT2D eigenvalue weighted by Gasteiger charge is -1.98. The summed E-state index contributed by atoms with van der Waals surface area (Å²) in [6.07, 6.45) is 0. The third kappa shape index (κ3) is 1.57. The van der Waals surface area contributed by atoms with Gasteiger partial charge in [0, 0.05) is 0 Å². The molecular formula is C9H6N2S. The van der Waals surface area contributed by atoms with Gasteiger partial charge in [0.2, 0.25) is 0 Å². The molecule has 0 aromatic heterocycles. The predicted molar refractivity (Wildman–Crippen MR) is 50.6 cm³/mol. The van der Waals surface area contributed by atoms with E-state index in [2.05, 4.69) is 28.4 Å². The van der Waals surface area contributed by atoms with Gasteiger partial charge in [0.25, 0.3) is 0 Å². The maximum absolute atomic E-state index is 8.67. The molecule has 3 heteroatoms. The molecule has 58 valence electrons. The van der Waals surface area contributed by atoms with E-state index in [4.69, 9.17) is 5.26 Å². The molecule has 0 amide bonds. The SMILES string of the molecule is Cc1c(C#N)cccc1N=C=S. The number of hydrogen-bond acceptors (Lipinski definition) is 3. The number of nitrogens with zero attached hydrogens (tertiary/aromatic N) is 2. The van der Waals surface area contributed by atoms with Crippen molar-refractivity contribution in [3.8, 4) is 6.07 Å². The molecule has 0 radical (unpaired) electrons. The standard InChI is InChI=1S/C9H6N2S/c1-7-8(5-10)3-2-4-9(7)11-6-12/h2-4H,1H3. The monoisotopic (exact) mass is 174 g/mol. The van der Waals surface area contributed by atoms with Gasteiger partial charge in [-0.25, -0.2) is 0 Å². The number of benzene rings is 1. The molecule has 1 aromatic carbocycles. The van der Waals surface area contributed by atoms with E-state index in [1.54, 1.807) is 18.2 Å². The maximum atomic E-state index is 8.67. The molecule has 0 aliphatic rings. The Morgan fingerprint density at radius 2 is 2.25 bits per heavy atom. The van der Waals surface area contributed by atoms with E-state index < -0.39 is 0 Å². The molecule has 2 nitrogen and oxygen atoms in total. The van der Waals surface area contributed by atoms with Crippen molar-refractivity contribution in [2.45, 2.75) is 6.92 Å². The van der Waals surface area contributed by atoms with Crippen LogP contribution in [0.3, 0.4) is 0 Å². The van der Waals surface area contributed by atoms with Crippen LogP contribution in [0.1, 0.15) is 11.1 Å². The highest BCUT2D eigenvalue weighted by Gasteiger charge is 2.00. The number of nitriles is 1. The summed E-state index contributed by atoms with van der Waals surface area (Å²) in [6.45, 7) is 1.84. The summed E-state index contributed by atoms with van der Waals surface area (Å²) < 4.78 is 0. The summed E-state index contributed by atoms with van der Waals surface area (Å²) in [6, 6.07) is 7.40. The van der Waals surface area contributed by atoms with Gasteiger partial charge in [0.15, 0.2) is 0 Å². The van der Waals surface area contributed by atoms with E-state index >= 15 is 0 Å². The average Bonchev–Trinajstić information content (AvgIpc) is 2.09. The van der Waals surface area contributed by atoms with E-state index in [9.17, 15) is 0 Å². The van der Waals surface area contributed by atoms with Crippen LogP contribution in [0.15, 0.2) is 23.2 Å². The van der Waals surface area contributed by atoms with Crippen molar-refractivity contribution in [2.75, 3.05) is 0 Å². The van der Waals surface area contributed by atoms with Crippen molar-refractivity contribution in [1.29, 1.82) is 5.26 Å². The van der Waals surface area contributed by atoms with Crippen LogP contribution in [0.25, 0.3) is 0 Å². The Bertz CT molecular complexity index is 384. The molecule has 0 fully saturated rings. The smallest absolute Gasteiger partial charge is 0.0995 e. The number of isothiocyanates is 1. The molecule has 1 rings (SSSR count). The zero-order chi connectivity index (χ0) is 8.97. The topological polar surface area (TPSA) is 36.1 Å². The highest BCUT2D eigenvalue weighted by atomic mass is 32.1. The minimum atomic E-state index is 0.626. The molecule has 0 bridgehead atoms. The van der Waals surface area contributed by atoms with Crippen LogP contribution >= 0.6 is 12.2 Å². The molecule has 0 aliphatic heterocycles. The van der Waals surface area contributed by atoms with E-state index in [1.807, 2.05) is 6.92 Å². The fourth-order valence-electron chi connectivity index (χ4n) is 0.915. The normalized spacial score (nSPS) is 8.33. The van der Waals surface area contributed by atoms with E-state index in [0.29, 0.717) is 11.3 Å². The number of hydrogen-bond donors (Lipinski definition) is 0. The average molecular weight is 174 g/mol. The summed E-state index contributed by atoms with van der Waals surface area (Å²) in [5.74, 6) is 0. The van der Waals surface area contributed by atoms with Crippen LogP contribution in [0.4, 0.5) is 5.69 Å². The first-order valence-electron chi connectivity index (χ1n) is 3.37. The van der Waals surface area contributed by atoms with E-state index in [-0.39, 0.29) is 0 Å². The van der Waals surface area contributed by atoms with E-state index in [0.717, 1.165) is 5.56 Å². The Morgan fingerprint density at radius 3 is 2.83 bits per heavy atom. The maximum Gasteiger partial charge on any atom is 0.0995 e. The summed E-state index contributed by atoms with van der Waals surface area (Å²) in [5, 5.41) is 10.9. The van der Waals surface area contributed by atoms with Crippen molar-refractivity contribution >= 4 is 23.1 Å². The molecule has 0 aliphatic carbocycles. The highest BCUT2D eigenvalue weighted by molar-refractivity contribution is 7.78. The van der Waals surface area contributed by atoms with Crippen molar-refractivity contribution in [3.05, 3.63) is 29.3 Å². The molecule has 1 aromatic rings. The lowest BCUT2D eigenvalue weighted by molar-refractivity contribution is 1.36. The first-order chi connectivity index (χ1) is 5.79. The molecule has 0 N–H and O–H groups in total. The first-order valence-corrected chi connectivity index (χ1v) is 3.78. The largest absolute Gasteiger partial charge is 0.194 e. The Morgan fingerprint density at radius 1 is 1.50 bits per heavy atom. The van der Waals surface area contributed by atoms with Crippen LogP contribution in [0.5, 0.6) is 0 Å². The minimum Gasteiger partial charge on any atom is -0.194 e. The minimum absolute atomic E-state index is 0.626. The van der Waals surface area contributed by atoms with Crippen molar-refractivity contribution in [2.24, 2.45) is 4.99 Å². The first kappa shape index (κ1) is 8.61. The summed E-state index contributed by atoms with van der Waals surface area (Å²) >= 11 is 4.47. The van der Waals surface area contributed by atoms with Gasteiger partial charge < -0.3 is 0 Å². The molecule has 0 saturated heterocycles. The molecule has 12 heavy (non-hydrogen) atoms. The Balaban J connectivity index is 3.34. The zero-order valence-electron chi connectivity index (χ0n) is 6.53. The van der Waals surface area contributed by atoms with E-state index in [1.165, 1.54) is 0 Å². The number of aliphatic imine (C=N–C) groups is 1. The van der Waals surface area contributed by atoms with Gasteiger partial charge >= 0.3 is 0 Å². The predicted octanol–water partition coefficient (Wildman–Crippen LogP) is 2.60. The van der Waals surface area contributed by atoms with Crippen LogP contribution in [0, 0.1) is 18.3 Å². The molecule has 0 spiro atoms. The Hall–Kier alpha value is -1.49. The van der Waals surface area contributed by atoms with Crippen LogP contribution in [-0.2, 0) is 0 Å². The van der Waals surface area contributed by atoms with Gasteiger partial charge in [-0.2, -0.15) is 10.3 Å². The molecule has 0 atom stereocenters. The second-order valence-corrected chi connectivity index (χ2v) is 2.45. The Kier molecular flexibility index (Phi) is 2.71. The van der Waals surface area contributed by atoms with Gasteiger partial charge in [-0.15, -0.1) is 0 Å². The summed E-state index contributed by atoms with van der Waals surface area (Å²) in [7, 11) is 0. The third-order valence-electron chi connectivity index (χ3n) is 1.59. The third-order valence-corrected chi connectivity index (χ3v) is 1.68. The van der Waals surface area contributed by atoms with Crippen LogP contribution < -0.4 is 0 Å². The van der Waals surface area contributed by atoms with Gasteiger partial charge in [-0.05, 0) is 36.8 Å². The zero-order valence-corrected chi connectivity index (χ0v) is 7.35. The second kappa shape index (κ2) is 3.77. The van der Waals surface area contributed by atoms with Crippen molar-refractivity contribution < 1.29 is 0 Å². The van der Waals surface area contributed by atoms with Crippen LogP contribution in [-0.4, -0.2) is 5.16 Å². The lowest BCUT2D eigenvalue weighted by atomic mass is 10.1. The van der Waals surface area contributed by atoms with Gasteiger partial charge in [-0.1, -0.05) is 6.07 Å². The fraction of sp³-hybridized carbons (Fsp3) is 0.111. The second-order valence-electron chi connectivity index (χ2n) is 2.26. The number of thiocarbonyl (C=S) groups is 1. The lowest BCUT2D eigenvalue weighted by Crippen LogP contribution is -1.80. The highest BCUT2D eigenvalue weighted by Crippen LogP contribution is 2.20. The van der Waals surface area contributed by atoms with Gasteiger partial charge in [0.05, 0.1) is 22.5 Å². The molecule has 0 unspecified atom stereocenters. The summed E-state index contributed by atoms with van der Waals surface area (Å²) in [4.78, 5) is 3.83. The molecule has 0 heterocycles. The molecule has 0 saturated carbocycles. The van der Waals surface area contributed by atoms with Crippen molar-refractivity contribution in [1.82, 2.24) is 0 Å². The molecular weight excluding hydrogens is 168 g/mol. The number of rotatable bonds is 1. The Labute approximate surface area is 76.2 Å². The van der Waals surface area contributed by atoms with Crippen molar-refractivity contribution in [3.63, 3.8) is 0 Å². The van der Waals surface area contributed by atoms with Crippen LogP contribution in [0.2, 0.25) is 0 Å². The van der Waals surface area contributed by atoms with Gasteiger partial charge in [-0.3, -0.25) is 0 Å². The van der Waals surface area contributed by atoms with Gasteiger partial charge in [0.1, 0.15) is 0 Å². The quantitative estimate of drug-likeness (QED) is 0.484. The fourth-order valence-corrected chi connectivity index (χ4v) is 1.01.